The molecule has 128 valence electrons. The lowest BCUT2D eigenvalue weighted by Crippen LogP contribution is -2.22. The smallest absolute Gasteiger partial charge is 0.331 e. The maximum absolute atomic E-state index is 11.9. The number of rotatable bonds is 3. The lowest BCUT2D eigenvalue weighted by Gasteiger charge is -2.17. The largest absolute Gasteiger partial charge is 0.457 e. The van der Waals surface area contributed by atoms with Gasteiger partial charge in [0.1, 0.15) is 11.4 Å². The molecule has 0 atom stereocenters. The van der Waals surface area contributed by atoms with Crippen molar-refractivity contribution in [3.8, 4) is 11.1 Å². The van der Waals surface area contributed by atoms with Gasteiger partial charge in [-0.15, -0.1) is 11.3 Å². The van der Waals surface area contributed by atoms with Crippen LogP contribution >= 0.6 is 11.3 Å². The van der Waals surface area contributed by atoms with Gasteiger partial charge in [-0.1, -0.05) is 30.3 Å². The van der Waals surface area contributed by atoms with E-state index in [2.05, 4.69) is 10.4 Å². The van der Waals surface area contributed by atoms with Crippen molar-refractivity contribution in [1.82, 2.24) is 4.98 Å². The molecule has 3 aromatic rings. The zero-order valence-electron chi connectivity index (χ0n) is 14.4. The Labute approximate surface area is 151 Å². The molecule has 0 unspecified atom stereocenters. The molecule has 25 heavy (non-hydrogen) atoms. The van der Waals surface area contributed by atoms with Crippen LogP contribution < -0.4 is 5.73 Å². The van der Waals surface area contributed by atoms with Crippen LogP contribution in [0.2, 0.25) is 0 Å². The van der Waals surface area contributed by atoms with Crippen molar-refractivity contribution in [1.29, 1.82) is 0 Å². The van der Waals surface area contributed by atoms with E-state index in [0.717, 1.165) is 26.8 Å². The van der Waals surface area contributed by atoms with Crippen molar-refractivity contribution in [2.75, 3.05) is 5.73 Å². The summed E-state index contributed by atoms with van der Waals surface area (Å²) in [6, 6.07) is 10.1. The van der Waals surface area contributed by atoms with Crippen LogP contribution in [0.25, 0.3) is 27.3 Å². The Morgan fingerprint density at radius 2 is 1.96 bits per heavy atom. The van der Waals surface area contributed by atoms with E-state index >= 15 is 0 Å². The Morgan fingerprint density at radius 1 is 1.24 bits per heavy atom. The molecule has 0 spiro atoms. The molecule has 2 heterocycles. The maximum atomic E-state index is 11.9. The Balaban J connectivity index is 2.00. The quantitative estimate of drug-likeness (QED) is 0.538. The number of carbonyl (C=O) groups is 1. The minimum absolute atomic E-state index is 0.377. The van der Waals surface area contributed by atoms with E-state index in [1.807, 2.05) is 51.1 Å². The molecule has 0 aliphatic heterocycles. The average molecular weight is 352 g/mol. The number of anilines is 1. The highest BCUT2D eigenvalue weighted by Gasteiger charge is 2.15. The van der Waals surface area contributed by atoms with E-state index in [1.54, 1.807) is 23.6 Å². The van der Waals surface area contributed by atoms with Gasteiger partial charge in [0.05, 0.1) is 0 Å². The average Bonchev–Trinajstić information content (AvgIpc) is 2.99. The highest BCUT2D eigenvalue weighted by molar-refractivity contribution is 7.18. The number of carbonyl (C=O) groups excluding carboxylic acids is 1. The van der Waals surface area contributed by atoms with Crippen LogP contribution in [-0.2, 0) is 9.53 Å². The molecule has 0 bridgehead atoms. The number of aromatic nitrogens is 1. The Morgan fingerprint density at radius 3 is 2.64 bits per heavy atom. The second-order valence-corrected chi connectivity index (χ2v) is 7.56. The Bertz CT molecular complexity index is 937. The van der Waals surface area contributed by atoms with Gasteiger partial charge in [0, 0.05) is 33.5 Å². The Kier molecular flexibility index (Phi) is 4.59. The van der Waals surface area contributed by atoms with Crippen LogP contribution in [0.5, 0.6) is 0 Å². The molecule has 0 fully saturated rings. The van der Waals surface area contributed by atoms with Gasteiger partial charge in [-0.25, -0.2) is 9.78 Å². The second-order valence-electron chi connectivity index (χ2n) is 6.69. The number of nitrogen functional groups attached to an aromatic ring is 1. The third kappa shape index (κ3) is 3.88. The monoisotopic (exact) mass is 352 g/mol. The van der Waals surface area contributed by atoms with Gasteiger partial charge >= 0.3 is 5.97 Å². The molecule has 1 aromatic carbocycles. The molecule has 4 nitrogen and oxygen atoms in total. The first-order chi connectivity index (χ1) is 11.8. The molecule has 0 amide bonds. The zero-order valence-corrected chi connectivity index (χ0v) is 15.3. The van der Waals surface area contributed by atoms with E-state index in [-0.39, 0.29) is 5.97 Å². The first-order valence-corrected chi connectivity index (χ1v) is 8.85. The summed E-state index contributed by atoms with van der Waals surface area (Å²) in [5.41, 5.74) is 8.61. The van der Waals surface area contributed by atoms with E-state index in [1.165, 1.54) is 6.08 Å². The summed E-state index contributed by atoms with van der Waals surface area (Å²) in [6.07, 6.45) is 4.84. The van der Waals surface area contributed by atoms with Crippen LogP contribution in [-0.4, -0.2) is 16.6 Å². The number of thiophene rings is 1. The summed E-state index contributed by atoms with van der Waals surface area (Å²) >= 11 is 1.59. The first-order valence-electron chi connectivity index (χ1n) is 7.97. The van der Waals surface area contributed by atoms with Gasteiger partial charge in [0.2, 0.25) is 0 Å². The molecule has 0 saturated heterocycles. The van der Waals surface area contributed by atoms with Gasteiger partial charge in [0.25, 0.3) is 0 Å². The van der Waals surface area contributed by atoms with E-state index in [9.17, 15) is 4.79 Å². The Hall–Kier alpha value is -2.66. The molecule has 0 aliphatic rings. The summed E-state index contributed by atoms with van der Waals surface area (Å²) in [6.45, 7) is 5.52. The van der Waals surface area contributed by atoms with Gasteiger partial charge in [-0.2, -0.15) is 0 Å². The predicted molar refractivity (Wildman–Crippen MR) is 104 cm³/mol. The topological polar surface area (TPSA) is 65.2 Å². The zero-order chi connectivity index (χ0) is 18.0. The fourth-order valence-electron chi connectivity index (χ4n) is 2.53. The summed E-state index contributed by atoms with van der Waals surface area (Å²) < 4.78 is 6.31. The molecule has 0 saturated carbocycles. The van der Waals surface area contributed by atoms with E-state index < -0.39 is 5.60 Å². The van der Waals surface area contributed by atoms with Crippen molar-refractivity contribution in [3.05, 3.63) is 53.5 Å². The normalized spacial score (nSPS) is 12.0. The van der Waals surface area contributed by atoms with Crippen molar-refractivity contribution in [2.24, 2.45) is 0 Å². The van der Waals surface area contributed by atoms with Crippen molar-refractivity contribution in [2.45, 2.75) is 26.4 Å². The maximum Gasteiger partial charge on any atom is 0.331 e. The summed E-state index contributed by atoms with van der Waals surface area (Å²) in [7, 11) is 0. The van der Waals surface area contributed by atoms with Crippen LogP contribution in [0.1, 0.15) is 26.3 Å². The van der Waals surface area contributed by atoms with Gasteiger partial charge < -0.3 is 10.5 Å². The first kappa shape index (κ1) is 17.2. The summed E-state index contributed by atoms with van der Waals surface area (Å²) in [4.78, 5) is 16.2. The lowest BCUT2D eigenvalue weighted by atomic mass is 10.0. The number of esters is 1. The lowest BCUT2D eigenvalue weighted by molar-refractivity contribution is -0.148. The number of pyridine rings is 1. The minimum atomic E-state index is -0.514. The number of hydrogen-bond donors (Lipinski definition) is 1. The SMILES string of the molecule is CC(C)(C)OC(=O)/C=C/c1cnc(N)c2c(-c3ccccc3)csc12. The predicted octanol–water partition coefficient (Wildman–Crippen LogP) is 4.90. The van der Waals surface area contributed by atoms with Crippen LogP contribution in [0.4, 0.5) is 5.82 Å². The van der Waals surface area contributed by atoms with Crippen molar-refractivity contribution in [3.63, 3.8) is 0 Å². The minimum Gasteiger partial charge on any atom is -0.457 e. The van der Waals surface area contributed by atoms with E-state index in [0.29, 0.717) is 5.82 Å². The number of nitrogens with zero attached hydrogens (tertiary/aromatic N) is 1. The second kappa shape index (κ2) is 6.69. The fourth-order valence-corrected chi connectivity index (χ4v) is 3.61. The third-order valence-electron chi connectivity index (χ3n) is 3.54. The fraction of sp³-hybridized carbons (Fsp3) is 0.200. The van der Waals surface area contributed by atoms with Gasteiger partial charge in [0.15, 0.2) is 0 Å². The highest BCUT2D eigenvalue weighted by Crippen LogP contribution is 2.38. The summed E-state index contributed by atoms with van der Waals surface area (Å²) in [5, 5.41) is 2.99. The molecular formula is C20H20N2O2S. The van der Waals surface area contributed by atoms with Crippen LogP contribution in [0.3, 0.4) is 0 Å². The molecular weight excluding hydrogens is 332 g/mol. The van der Waals surface area contributed by atoms with Crippen LogP contribution in [0, 0.1) is 0 Å². The van der Waals surface area contributed by atoms with Crippen LogP contribution in [0.15, 0.2) is 48.0 Å². The third-order valence-corrected chi connectivity index (χ3v) is 4.57. The number of benzene rings is 1. The molecule has 0 radical (unpaired) electrons. The van der Waals surface area contributed by atoms with Gasteiger partial charge in [-0.05, 0) is 37.8 Å². The van der Waals surface area contributed by atoms with Gasteiger partial charge in [-0.3, -0.25) is 0 Å². The number of hydrogen-bond acceptors (Lipinski definition) is 5. The molecule has 3 rings (SSSR count). The number of ether oxygens (including phenoxy) is 1. The van der Waals surface area contributed by atoms with E-state index in [4.69, 9.17) is 10.5 Å². The standard InChI is InChI=1S/C20H20N2O2S/c1-20(2,3)24-16(23)10-9-14-11-22-19(21)17-15(12-25-18(14)17)13-7-5-4-6-8-13/h4-12H,1-3H3,(H2,21,22)/b10-9+. The molecule has 2 N–H and O–H groups in total. The molecule has 2 aromatic heterocycles. The number of fused-ring (bicyclic) bond motifs is 1. The molecule has 0 aliphatic carbocycles. The van der Waals surface area contributed by atoms with Crippen molar-refractivity contribution >= 4 is 39.3 Å². The number of nitrogens with two attached hydrogens (primary N) is 1. The molecule has 5 heteroatoms. The highest BCUT2D eigenvalue weighted by atomic mass is 32.1. The summed E-state index contributed by atoms with van der Waals surface area (Å²) in [5.74, 6) is 0.113. The van der Waals surface area contributed by atoms with Crippen molar-refractivity contribution < 1.29 is 9.53 Å².